The molecule has 1 aliphatic heterocycles. The third-order valence-electron chi connectivity index (χ3n) is 5.95. The Morgan fingerprint density at radius 1 is 0.806 bits per heavy atom. The molecule has 0 bridgehead atoms. The average molecular weight is 415 g/mol. The van der Waals surface area contributed by atoms with Crippen LogP contribution in [0.4, 0.5) is 5.69 Å². The molecule has 0 spiro atoms. The van der Waals surface area contributed by atoms with Crippen LogP contribution in [0.3, 0.4) is 0 Å². The molecule has 1 aliphatic rings. The minimum atomic E-state index is -0.238. The molecule has 1 N–H and O–H groups in total. The van der Waals surface area contributed by atoms with E-state index in [4.69, 9.17) is 0 Å². The summed E-state index contributed by atoms with van der Waals surface area (Å²) in [6, 6.07) is 11.7. The molecule has 6 heteroatoms. The molecule has 0 unspecified atom stereocenters. The molecule has 0 fully saturated rings. The molecule has 0 radical (unpaired) electrons. The lowest BCUT2D eigenvalue weighted by atomic mass is 10.1. The summed E-state index contributed by atoms with van der Waals surface area (Å²) in [6.45, 7) is 11.7. The molecule has 2 aromatic carbocycles. The summed E-state index contributed by atoms with van der Waals surface area (Å²) < 4.78 is 1.52. The van der Waals surface area contributed by atoms with Gasteiger partial charge in [-0.2, -0.15) is 10.1 Å². The Labute approximate surface area is 181 Å². The Balaban J connectivity index is 1.74. The van der Waals surface area contributed by atoms with Gasteiger partial charge in [0.15, 0.2) is 0 Å². The number of carbonyl (C=O) groups excluding carboxylic acids is 1. The number of rotatable bonds is 3. The monoisotopic (exact) mass is 414 g/mol. The molecular weight excluding hydrogens is 388 g/mol. The maximum absolute atomic E-state index is 13.1. The van der Waals surface area contributed by atoms with Gasteiger partial charge in [-0.1, -0.05) is 12.1 Å². The number of hydrazone groups is 1. The summed E-state index contributed by atoms with van der Waals surface area (Å²) in [7, 11) is 0. The fraction of sp³-hybridized carbons (Fsp3) is 0.240. The largest absolute Gasteiger partial charge is 0.295 e. The average Bonchev–Trinajstić information content (AvgIpc) is 3.17. The maximum atomic E-state index is 13.1. The number of H-pyrrole nitrogens is 1. The van der Waals surface area contributed by atoms with E-state index in [0.29, 0.717) is 28.2 Å². The lowest BCUT2D eigenvalue weighted by Crippen LogP contribution is -2.22. The van der Waals surface area contributed by atoms with Gasteiger partial charge in [0.2, 0.25) is 0 Å². The van der Waals surface area contributed by atoms with Crippen molar-refractivity contribution in [3.05, 3.63) is 85.8 Å². The van der Waals surface area contributed by atoms with Gasteiger partial charge in [-0.05, 0) is 94.1 Å². The number of anilines is 1. The Bertz CT molecular complexity index is 1340. The van der Waals surface area contributed by atoms with Crippen molar-refractivity contribution in [2.24, 2.45) is 5.10 Å². The van der Waals surface area contributed by atoms with Crippen molar-refractivity contribution < 1.29 is 4.79 Å². The molecule has 4 rings (SSSR count). The number of nitrogens with one attached hydrogen (secondary N) is 1. The van der Waals surface area contributed by atoms with Crippen LogP contribution in [-0.4, -0.2) is 21.4 Å². The number of benzene rings is 2. The number of hydrogen-bond acceptors (Lipinski definition) is 3. The van der Waals surface area contributed by atoms with Crippen molar-refractivity contribution in [3.8, 4) is 5.69 Å². The number of nitrogens with zero attached hydrogens (tertiary/aromatic N) is 3. The first kappa shape index (κ1) is 20.6. The first-order valence-corrected chi connectivity index (χ1v) is 10.3. The van der Waals surface area contributed by atoms with Gasteiger partial charge in [-0.25, -0.2) is 4.68 Å². The second-order valence-corrected chi connectivity index (χ2v) is 8.19. The van der Waals surface area contributed by atoms with Gasteiger partial charge in [0, 0.05) is 5.69 Å². The van der Waals surface area contributed by atoms with E-state index in [0.717, 1.165) is 27.9 Å². The molecule has 0 aliphatic carbocycles. The Kier molecular flexibility index (Phi) is 5.01. The van der Waals surface area contributed by atoms with Gasteiger partial charge in [0.25, 0.3) is 11.5 Å². The minimum Gasteiger partial charge on any atom is -0.295 e. The fourth-order valence-corrected chi connectivity index (χ4v) is 3.64. The number of hydrogen-bond donors (Lipinski definition) is 1. The van der Waals surface area contributed by atoms with Crippen LogP contribution in [0.5, 0.6) is 0 Å². The van der Waals surface area contributed by atoms with Crippen LogP contribution in [0.2, 0.25) is 0 Å². The zero-order chi connectivity index (χ0) is 22.4. The van der Waals surface area contributed by atoms with Gasteiger partial charge in [-0.15, -0.1) is 0 Å². The second-order valence-electron chi connectivity index (χ2n) is 8.19. The number of amides is 1. The zero-order valence-electron chi connectivity index (χ0n) is 18.7. The first-order chi connectivity index (χ1) is 14.7. The third kappa shape index (κ3) is 3.54. The number of aryl methyl sites for hydroxylation is 5. The minimum absolute atomic E-state index is 0.196. The smallest absolute Gasteiger partial charge is 0.280 e. The number of aromatic nitrogens is 2. The predicted octanol–water partition coefficient (Wildman–Crippen LogP) is 4.51. The SMILES string of the molecule is CC1=NN(c2ccc(C)c(C)c2)C(=O)C1=Cc1c(C)[nH]n(-c2ccc(C)c(C)c2)c1=O. The highest BCUT2D eigenvalue weighted by atomic mass is 16.2. The summed E-state index contributed by atoms with van der Waals surface area (Å²) in [4.78, 5) is 26.3. The van der Waals surface area contributed by atoms with E-state index in [1.54, 1.807) is 13.0 Å². The summed E-state index contributed by atoms with van der Waals surface area (Å²) >= 11 is 0. The van der Waals surface area contributed by atoms with Crippen molar-refractivity contribution in [1.82, 2.24) is 9.78 Å². The molecular formula is C25H26N4O2. The van der Waals surface area contributed by atoms with Crippen LogP contribution < -0.4 is 10.6 Å². The summed E-state index contributed by atoms with van der Waals surface area (Å²) in [5, 5.41) is 8.98. The molecule has 158 valence electrons. The van der Waals surface area contributed by atoms with E-state index in [-0.39, 0.29) is 11.5 Å². The van der Waals surface area contributed by atoms with Crippen LogP contribution >= 0.6 is 0 Å². The molecule has 6 nitrogen and oxygen atoms in total. The quantitative estimate of drug-likeness (QED) is 0.641. The predicted molar refractivity (Wildman–Crippen MR) is 125 cm³/mol. The highest BCUT2D eigenvalue weighted by Crippen LogP contribution is 2.26. The molecule has 0 saturated carbocycles. The molecule has 1 aromatic heterocycles. The number of aromatic amines is 1. The van der Waals surface area contributed by atoms with E-state index in [1.165, 1.54) is 9.69 Å². The standard InChI is InChI=1S/C25H26N4O2/c1-14-7-9-20(11-16(14)3)28-24(30)22(18(5)26-28)13-23-19(6)27-29(25(23)31)21-10-8-15(2)17(4)12-21/h7-13,26H,1-6H3. The van der Waals surface area contributed by atoms with Crippen LogP contribution in [0, 0.1) is 34.6 Å². The Morgan fingerprint density at radius 3 is 2.00 bits per heavy atom. The molecule has 0 saturated heterocycles. The van der Waals surface area contributed by atoms with Crippen molar-refractivity contribution in [2.75, 3.05) is 5.01 Å². The van der Waals surface area contributed by atoms with Crippen LogP contribution in [0.1, 0.15) is 40.4 Å². The Hall–Kier alpha value is -3.67. The van der Waals surface area contributed by atoms with Gasteiger partial charge < -0.3 is 0 Å². The van der Waals surface area contributed by atoms with E-state index >= 15 is 0 Å². The third-order valence-corrected chi connectivity index (χ3v) is 5.95. The fourth-order valence-electron chi connectivity index (χ4n) is 3.64. The Morgan fingerprint density at radius 2 is 1.39 bits per heavy atom. The van der Waals surface area contributed by atoms with Gasteiger partial charge >= 0.3 is 0 Å². The normalized spacial score (nSPS) is 15.2. The van der Waals surface area contributed by atoms with E-state index < -0.39 is 0 Å². The molecule has 31 heavy (non-hydrogen) atoms. The molecule has 2 heterocycles. The molecule has 3 aromatic rings. The number of carbonyl (C=O) groups is 1. The van der Waals surface area contributed by atoms with E-state index in [1.807, 2.05) is 71.0 Å². The van der Waals surface area contributed by atoms with Crippen molar-refractivity contribution in [1.29, 1.82) is 0 Å². The first-order valence-electron chi connectivity index (χ1n) is 10.3. The highest BCUT2D eigenvalue weighted by Gasteiger charge is 2.29. The zero-order valence-corrected chi connectivity index (χ0v) is 18.7. The summed E-state index contributed by atoms with van der Waals surface area (Å²) in [5.74, 6) is -0.238. The topological polar surface area (TPSA) is 70.5 Å². The van der Waals surface area contributed by atoms with Gasteiger partial charge in [0.05, 0.1) is 28.2 Å². The second kappa shape index (κ2) is 7.54. The lowest BCUT2D eigenvalue weighted by Gasteiger charge is -2.13. The molecule has 1 amide bonds. The van der Waals surface area contributed by atoms with Crippen molar-refractivity contribution in [2.45, 2.75) is 41.5 Å². The van der Waals surface area contributed by atoms with Crippen LogP contribution in [0.15, 0.2) is 51.9 Å². The summed E-state index contributed by atoms with van der Waals surface area (Å²) in [6.07, 6.45) is 1.65. The van der Waals surface area contributed by atoms with Crippen LogP contribution in [0.25, 0.3) is 11.8 Å². The van der Waals surface area contributed by atoms with Gasteiger partial charge in [0.1, 0.15) is 0 Å². The van der Waals surface area contributed by atoms with Crippen molar-refractivity contribution in [3.63, 3.8) is 0 Å². The van der Waals surface area contributed by atoms with E-state index in [9.17, 15) is 9.59 Å². The van der Waals surface area contributed by atoms with Crippen molar-refractivity contribution >= 4 is 23.4 Å². The van der Waals surface area contributed by atoms with Gasteiger partial charge in [-0.3, -0.25) is 14.7 Å². The lowest BCUT2D eigenvalue weighted by molar-refractivity contribution is -0.114. The van der Waals surface area contributed by atoms with E-state index in [2.05, 4.69) is 10.2 Å². The van der Waals surface area contributed by atoms with Crippen LogP contribution in [-0.2, 0) is 4.79 Å². The molecule has 0 atom stereocenters. The maximum Gasteiger partial charge on any atom is 0.280 e. The summed E-state index contributed by atoms with van der Waals surface area (Å²) in [5.41, 5.74) is 7.96. The highest BCUT2D eigenvalue weighted by molar-refractivity contribution is 6.32.